The lowest BCUT2D eigenvalue weighted by Gasteiger charge is -2.53. The number of carboxylic acid groups (broad SMARTS) is 1. The Balaban J connectivity index is 1.17. The highest BCUT2D eigenvalue weighted by atomic mass is 19.3. The van der Waals surface area contributed by atoms with Crippen LogP contribution in [0.1, 0.15) is 31.2 Å². The molecule has 8 rings (SSSR count). The van der Waals surface area contributed by atoms with Crippen LogP contribution in [-0.4, -0.2) is 87.8 Å². The number of carboxylic acids is 1. The molecule has 0 bridgehead atoms. The minimum Gasteiger partial charge on any atom is -0.480 e. The summed E-state index contributed by atoms with van der Waals surface area (Å²) < 4.78 is 52.4. The summed E-state index contributed by atoms with van der Waals surface area (Å²) in [6.45, 7) is 3.91. The van der Waals surface area contributed by atoms with Crippen LogP contribution in [0.25, 0.3) is 33.2 Å². The van der Waals surface area contributed by atoms with Gasteiger partial charge < -0.3 is 38.6 Å². The van der Waals surface area contributed by atoms with Crippen LogP contribution in [-0.2, 0) is 20.9 Å². The average Bonchev–Trinajstić information content (AvgIpc) is 3.69. The van der Waals surface area contributed by atoms with Crippen molar-refractivity contribution in [1.29, 1.82) is 0 Å². The van der Waals surface area contributed by atoms with Crippen molar-refractivity contribution >= 4 is 39.5 Å². The first kappa shape index (κ1) is 31.4. The van der Waals surface area contributed by atoms with E-state index in [-0.39, 0.29) is 42.5 Å². The highest BCUT2D eigenvalue weighted by molar-refractivity contribution is 6.06. The van der Waals surface area contributed by atoms with Gasteiger partial charge in [0.2, 0.25) is 5.88 Å². The Morgan fingerprint density at radius 2 is 1.94 bits per heavy atom. The molecule has 3 aromatic heterocycles. The smallest absolute Gasteiger partial charge is 0.326 e. The van der Waals surface area contributed by atoms with Crippen molar-refractivity contribution in [3.63, 3.8) is 0 Å². The number of rotatable bonds is 8. The maximum atomic E-state index is 14.1. The number of hydrogen-bond donors (Lipinski definition) is 2. The monoisotopic (exact) mass is 673 g/mol. The molecule has 3 aliphatic rings. The second-order valence-electron chi connectivity index (χ2n) is 12.6. The molecule has 14 heteroatoms. The molecule has 3 aliphatic heterocycles. The summed E-state index contributed by atoms with van der Waals surface area (Å²) in [6.07, 6.45) is -1.97. The summed E-state index contributed by atoms with van der Waals surface area (Å²) in [7, 11) is 0. The van der Waals surface area contributed by atoms with Gasteiger partial charge in [0.1, 0.15) is 34.5 Å². The molecule has 6 heterocycles. The minimum absolute atomic E-state index is 0.0145. The molecule has 3 saturated heterocycles. The number of aromatic nitrogens is 3. The first-order chi connectivity index (χ1) is 23.7. The summed E-state index contributed by atoms with van der Waals surface area (Å²) in [5.41, 5.74) is 3.38. The number of halogens is 2. The van der Waals surface area contributed by atoms with Crippen LogP contribution in [0.3, 0.4) is 0 Å². The summed E-state index contributed by atoms with van der Waals surface area (Å²) in [5, 5.41) is 20.6. The van der Waals surface area contributed by atoms with E-state index in [1.807, 2.05) is 30.3 Å². The van der Waals surface area contributed by atoms with Gasteiger partial charge in [-0.15, -0.1) is 0 Å². The van der Waals surface area contributed by atoms with Crippen molar-refractivity contribution in [2.75, 3.05) is 42.7 Å². The number of morpholine rings is 1. The predicted octanol–water partition coefficient (Wildman–Crippen LogP) is 4.97. The van der Waals surface area contributed by atoms with Gasteiger partial charge in [-0.1, -0.05) is 30.3 Å². The van der Waals surface area contributed by atoms with Crippen LogP contribution in [0.5, 0.6) is 5.88 Å². The number of furan rings is 1. The lowest BCUT2D eigenvalue weighted by molar-refractivity contribution is -0.228. The molecule has 3 fully saturated rings. The Bertz CT molecular complexity index is 2050. The highest BCUT2D eigenvalue weighted by Crippen LogP contribution is 2.42. The molecule has 1 spiro atoms. The molecular weight excluding hydrogens is 640 g/mol. The van der Waals surface area contributed by atoms with Crippen molar-refractivity contribution in [3.05, 3.63) is 72.2 Å². The Morgan fingerprint density at radius 3 is 2.69 bits per heavy atom. The number of pyridine rings is 1. The molecule has 0 amide bonds. The Morgan fingerprint density at radius 1 is 1.10 bits per heavy atom. The predicted molar refractivity (Wildman–Crippen MR) is 174 cm³/mol. The van der Waals surface area contributed by atoms with E-state index in [9.17, 15) is 23.8 Å². The summed E-state index contributed by atoms with van der Waals surface area (Å²) >= 11 is 0. The van der Waals surface area contributed by atoms with E-state index < -0.39 is 36.0 Å². The SMILES string of the molecule is C[C@@H]1N(c2cc(-c3cccc(CO)c3)cnc2O[C@H]2C[C@@H](C(=O)O)N(c3nc(C(F)F)nc4c3oc3ccccc34)C2)CCOC12COC2. The molecule has 3 atom stereocenters. The van der Waals surface area contributed by atoms with Gasteiger partial charge in [-0.2, -0.15) is 0 Å². The van der Waals surface area contributed by atoms with Crippen molar-refractivity contribution in [1.82, 2.24) is 15.0 Å². The van der Waals surface area contributed by atoms with Crippen LogP contribution in [0.2, 0.25) is 0 Å². The summed E-state index contributed by atoms with van der Waals surface area (Å²) in [4.78, 5) is 29.2. The number of aliphatic hydroxyl groups is 1. The Hall–Kier alpha value is -4.92. The van der Waals surface area contributed by atoms with E-state index in [0.29, 0.717) is 48.9 Å². The molecule has 0 aliphatic carbocycles. The van der Waals surface area contributed by atoms with Crippen LogP contribution in [0.4, 0.5) is 20.3 Å². The molecular formula is C35H33F2N5O7. The van der Waals surface area contributed by atoms with E-state index in [2.05, 4.69) is 21.8 Å². The van der Waals surface area contributed by atoms with Gasteiger partial charge in [-0.25, -0.2) is 28.5 Å². The van der Waals surface area contributed by atoms with E-state index in [4.69, 9.17) is 23.6 Å². The standard InChI is InChI=1S/C35H33F2N5O7/c1-19-35(17-46-18-35)47-10-9-41(19)25-12-22(21-6-4-5-20(11-21)16-43)14-38-33(25)48-23-13-26(34(44)45)42(15-23)32-29-28(39-31(40-32)30(36)37)24-7-2-3-8-27(24)49-29/h2-8,11-12,14,19,23,26,30,43H,9-10,13,15-18H2,1H3,(H,44,45)/t19-,23-,26-/m0/s1. The molecule has 12 nitrogen and oxygen atoms in total. The third kappa shape index (κ3) is 5.40. The van der Waals surface area contributed by atoms with Crippen molar-refractivity contribution < 1.29 is 42.4 Å². The Labute approximate surface area is 278 Å². The zero-order valence-electron chi connectivity index (χ0n) is 26.5. The number of ether oxygens (including phenoxy) is 3. The molecule has 0 radical (unpaired) electrons. The van der Waals surface area contributed by atoms with Gasteiger partial charge in [0.15, 0.2) is 17.2 Å². The van der Waals surface area contributed by atoms with E-state index in [0.717, 1.165) is 16.7 Å². The van der Waals surface area contributed by atoms with Crippen molar-refractivity contribution in [2.24, 2.45) is 0 Å². The summed E-state index contributed by atoms with van der Waals surface area (Å²) in [5.74, 6) is -1.61. The molecule has 0 saturated carbocycles. The number of benzene rings is 2. The van der Waals surface area contributed by atoms with Gasteiger partial charge in [0, 0.05) is 30.1 Å². The quantitative estimate of drug-likeness (QED) is 0.230. The number of nitrogens with zero attached hydrogens (tertiary/aromatic N) is 5. The topological polar surface area (TPSA) is 144 Å². The van der Waals surface area contributed by atoms with Gasteiger partial charge in [0.05, 0.1) is 39.0 Å². The molecule has 49 heavy (non-hydrogen) atoms. The minimum atomic E-state index is -2.99. The van der Waals surface area contributed by atoms with Gasteiger partial charge in [-0.05, 0) is 42.3 Å². The zero-order valence-corrected chi connectivity index (χ0v) is 26.5. The average molecular weight is 674 g/mol. The van der Waals surface area contributed by atoms with Crippen LogP contribution in [0, 0.1) is 0 Å². The molecule has 0 unspecified atom stereocenters. The van der Waals surface area contributed by atoms with Gasteiger partial charge in [0.25, 0.3) is 6.43 Å². The first-order valence-corrected chi connectivity index (χ1v) is 16.1. The fourth-order valence-electron chi connectivity index (χ4n) is 7.04. The second-order valence-corrected chi connectivity index (χ2v) is 12.6. The molecule has 2 N–H and O–H groups in total. The lowest BCUT2D eigenvalue weighted by Crippen LogP contribution is -2.68. The number of carbonyl (C=O) groups is 1. The number of para-hydroxylation sites is 1. The fraction of sp³-hybridized carbons (Fsp3) is 0.371. The van der Waals surface area contributed by atoms with Crippen molar-refractivity contribution in [3.8, 4) is 17.0 Å². The van der Waals surface area contributed by atoms with Gasteiger partial charge in [-0.3, -0.25) is 0 Å². The number of alkyl halides is 2. The molecule has 2 aromatic carbocycles. The van der Waals surface area contributed by atoms with E-state index >= 15 is 0 Å². The third-order valence-electron chi connectivity index (χ3n) is 9.74. The first-order valence-electron chi connectivity index (χ1n) is 16.1. The summed E-state index contributed by atoms with van der Waals surface area (Å²) in [6, 6.07) is 15.2. The Kier molecular flexibility index (Phi) is 7.81. The maximum Gasteiger partial charge on any atom is 0.326 e. The fourth-order valence-corrected chi connectivity index (χ4v) is 7.04. The normalized spacial score (nSPS) is 21.9. The van der Waals surface area contributed by atoms with Crippen LogP contribution in [0.15, 0.2) is 65.2 Å². The lowest BCUT2D eigenvalue weighted by atomic mass is 9.90. The van der Waals surface area contributed by atoms with E-state index in [1.54, 1.807) is 30.5 Å². The molecule has 254 valence electrons. The van der Waals surface area contributed by atoms with Crippen LogP contribution < -0.4 is 14.5 Å². The van der Waals surface area contributed by atoms with Crippen molar-refractivity contribution in [2.45, 2.75) is 50.2 Å². The number of hydrogen-bond acceptors (Lipinski definition) is 11. The zero-order chi connectivity index (χ0) is 33.9. The number of aliphatic carboxylic acids is 1. The maximum absolute atomic E-state index is 14.1. The largest absolute Gasteiger partial charge is 0.480 e. The number of aliphatic hydroxyl groups excluding tert-OH is 1. The molecule has 5 aromatic rings. The highest BCUT2D eigenvalue weighted by Gasteiger charge is 2.50. The number of anilines is 2. The second kappa shape index (κ2) is 12.2. The van der Waals surface area contributed by atoms with Crippen LogP contribution >= 0.6 is 0 Å². The van der Waals surface area contributed by atoms with E-state index in [1.165, 1.54) is 4.90 Å². The van der Waals surface area contributed by atoms with Gasteiger partial charge >= 0.3 is 5.97 Å². The third-order valence-corrected chi connectivity index (χ3v) is 9.74. The number of fused-ring (bicyclic) bond motifs is 3.